The van der Waals surface area contributed by atoms with Crippen molar-refractivity contribution in [2.24, 2.45) is 5.92 Å². The lowest BCUT2D eigenvalue weighted by Crippen LogP contribution is -2.15. The number of aromatic hydroxyl groups is 5. The summed E-state index contributed by atoms with van der Waals surface area (Å²) in [5.74, 6) is -3.93. The minimum Gasteiger partial charge on any atom is -0.507 e. The fourth-order valence-corrected chi connectivity index (χ4v) is 4.43. The van der Waals surface area contributed by atoms with Crippen LogP contribution in [0.3, 0.4) is 0 Å². The third kappa shape index (κ3) is 4.73. The number of ketones is 1. The normalized spacial score (nSPS) is 11.3. The van der Waals surface area contributed by atoms with Crippen molar-refractivity contribution in [3.63, 3.8) is 0 Å². The van der Waals surface area contributed by atoms with E-state index in [1.54, 1.807) is 27.7 Å². The average Bonchev–Trinajstić information content (AvgIpc) is 2.87. The first kappa shape index (κ1) is 28.4. The number of phenolic OH excluding ortho intramolecular Hbond substituents is 3. The lowest BCUT2D eigenvalue weighted by molar-refractivity contribution is 0.0933. The zero-order chi connectivity index (χ0) is 28.6. The van der Waals surface area contributed by atoms with Gasteiger partial charge in [0.15, 0.2) is 5.78 Å². The van der Waals surface area contributed by atoms with E-state index in [1.165, 1.54) is 13.8 Å². The molecule has 204 valence electrons. The van der Waals surface area contributed by atoms with Gasteiger partial charge in [0.05, 0.1) is 11.1 Å². The Labute approximate surface area is 218 Å². The molecule has 0 radical (unpaired) electrons. The van der Waals surface area contributed by atoms with Crippen LogP contribution in [0.2, 0.25) is 0 Å². The van der Waals surface area contributed by atoms with Crippen molar-refractivity contribution in [2.45, 2.75) is 67.2 Å². The van der Waals surface area contributed by atoms with Crippen LogP contribution in [-0.2, 0) is 25.7 Å². The first-order valence-corrected chi connectivity index (χ1v) is 12.3. The van der Waals surface area contributed by atoms with Crippen LogP contribution in [-0.4, -0.2) is 31.3 Å². The fourth-order valence-electron chi connectivity index (χ4n) is 4.43. The van der Waals surface area contributed by atoms with Crippen molar-refractivity contribution in [2.75, 3.05) is 0 Å². The first-order chi connectivity index (χ1) is 17.8. The summed E-state index contributed by atoms with van der Waals surface area (Å²) < 4.78 is 10.5. The molecule has 0 saturated heterocycles. The molecule has 5 N–H and O–H groups in total. The first-order valence-electron chi connectivity index (χ1n) is 12.3. The number of carbonyl (C=O) groups is 1. The van der Waals surface area contributed by atoms with Gasteiger partial charge >= 0.3 is 11.3 Å². The quantitative estimate of drug-likeness (QED) is 0.269. The Morgan fingerprint density at radius 3 is 1.34 bits per heavy atom. The minimum atomic E-state index is -0.904. The van der Waals surface area contributed by atoms with E-state index in [-0.39, 0.29) is 33.8 Å². The van der Waals surface area contributed by atoms with Crippen LogP contribution in [0.15, 0.2) is 18.4 Å². The molecule has 0 aliphatic rings. The van der Waals surface area contributed by atoms with Crippen LogP contribution in [0, 0.1) is 19.8 Å². The van der Waals surface area contributed by atoms with Crippen molar-refractivity contribution >= 4 is 5.78 Å². The highest BCUT2D eigenvalue weighted by Crippen LogP contribution is 2.46. The van der Waals surface area contributed by atoms with Crippen LogP contribution in [0.25, 0.3) is 0 Å². The standard InChI is InChI=1S/C28H32O10/c1-7-18-12(5)22(30)16(27(35)37-18)9-14-24(32)15(26(34)20(25(14)33)21(29)11(3)4)10-17-23(31)13(6)19(8-2)38-28(17)36/h11,30-34H,7-10H2,1-6H3. The molecule has 3 aromatic rings. The molecule has 0 bridgehead atoms. The van der Waals surface area contributed by atoms with Gasteiger partial charge in [0, 0.05) is 53.9 Å². The molecule has 2 heterocycles. The van der Waals surface area contributed by atoms with Gasteiger partial charge in [-0.25, -0.2) is 9.59 Å². The smallest absolute Gasteiger partial charge is 0.343 e. The van der Waals surface area contributed by atoms with Gasteiger partial charge in [0.1, 0.15) is 45.8 Å². The van der Waals surface area contributed by atoms with Crippen molar-refractivity contribution in [3.8, 4) is 28.7 Å². The summed E-state index contributed by atoms with van der Waals surface area (Å²) in [6.07, 6.45) is -0.443. The van der Waals surface area contributed by atoms with Crippen molar-refractivity contribution in [1.82, 2.24) is 0 Å². The number of Topliss-reactive ketones (excluding diaryl/α,β-unsaturated/α-hetero) is 1. The SMILES string of the molecule is CCc1oc(=O)c(Cc2c(O)c(Cc3c(O)c(C)c(CC)oc3=O)c(O)c(C(=O)C(C)C)c2O)c(O)c1C. The molecule has 2 aromatic heterocycles. The third-order valence-corrected chi connectivity index (χ3v) is 6.78. The molecular weight excluding hydrogens is 496 g/mol. The molecule has 10 nitrogen and oxygen atoms in total. The van der Waals surface area contributed by atoms with Crippen LogP contribution < -0.4 is 11.3 Å². The van der Waals surface area contributed by atoms with Gasteiger partial charge in [0.25, 0.3) is 0 Å². The second-order valence-corrected chi connectivity index (χ2v) is 9.49. The Hall–Kier alpha value is -4.21. The highest BCUT2D eigenvalue weighted by atomic mass is 16.4. The number of hydrogen-bond donors (Lipinski definition) is 5. The van der Waals surface area contributed by atoms with E-state index in [2.05, 4.69) is 0 Å². The number of rotatable bonds is 8. The van der Waals surface area contributed by atoms with Crippen LogP contribution in [0.1, 0.15) is 83.0 Å². The van der Waals surface area contributed by atoms with E-state index in [1.807, 2.05) is 0 Å². The predicted molar refractivity (Wildman–Crippen MR) is 138 cm³/mol. The maximum Gasteiger partial charge on any atom is 0.343 e. The number of phenols is 3. The fraction of sp³-hybridized carbons (Fsp3) is 0.393. The van der Waals surface area contributed by atoms with Crippen LogP contribution >= 0.6 is 0 Å². The molecule has 0 fully saturated rings. The van der Waals surface area contributed by atoms with Crippen molar-refractivity contribution < 1.29 is 39.2 Å². The lowest BCUT2D eigenvalue weighted by Gasteiger charge is -2.19. The Kier molecular flexibility index (Phi) is 7.95. The molecule has 38 heavy (non-hydrogen) atoms. The zero-order valence-electron chi connectivity index (χ0n) is 22.2. The van der Waals surface area contributed by atoms with Gasteiger partial charge in [-0.3, -0.25) is 4.79 Å². The molecule has 0 atom stereocenters. The highest BCUT2D eigenvalue weighted by molar-refractivity contribution is 6.03. The molecule has 0 amide bonds. The summed E-state index contributed by atoms with van der Waals surface area (Å²) in [4.78, 5) is 38.3. The molecule has 0 unspecified atom stereocenters. The summed E-state index contributed by atoms with van der Waals surface area (Å²) in [5, 5.41) is 54.6. The van der Waals surface area contributed by atoms with Gasteiger partial charge < -0.3 is 34.4 Å². The van der Waals surface area contributed by atoms with Crippen molar-refractivity contribution in [3.05, 3.63) is 71.3 Å². The molecule has 10 heteroatoms. The topological polar surface area (TPSA) is 179 Å². The number of benzene rings is 1. The van der Waals surface area contributed by atoms with E-state index in [0.29, 0.717) is 24.0 Å². The molecule has 0 aliphatic carbocycles. The molecule has 1 aromatic carbocycles. The van der Waals surface area contributed by atoms with Gasteiger partial charge in [-0.05, 0) is 13.8 Å². The predicted octanol–water partition coefficient (Wildman–Crippen LogP) is 3.88. The van der Waals surface area contributed by atoms with E-state index in [4.69, 9.17) is 8.83 Å². The number of aryl methyl sites for hydroxylation is 2. The molecule has 0 aliphatic heterocycles. The van der Waals surface area contributed by atoms with Gasteiger partial charge in [-0.15, -0.1) is 0 Å². The van der Waals surface area contributed by atoms with Crippen molar-refractivity contribution in [1.29, 1.82) is 0 Å². The monoisotopic (exact) mass is 528 g/mol. The summed E-state index contributed by atoms with van der Waals surface area (Å²) >= 11 is 0. The maximum absolute atomic E-state index is 13.0. The van der Waals surface area contributed by atoms with E-state index in [0.717, 1.165) is 0 Å². The van der Waals surface area contributed by atoms with Crippen LogP contribution in [0.4, 0.5) is 0 Å². The Morgan fingerprint density at radius 2 is 1.03 bits per heavy atom. The summed E-state index contributed by atoms with van der Waals surface area (Å²) in [6.45, 7) is 9.63. The lowest BCUT2D eigenvalue weighted by atomic mass is 9.88. The Balaban J connectivity index is 2.33. The molecule has 0 saturated carbocycles. The number of hydrogen-bond acceptors (Lipinski definition) is 10. The van der Waals surface area contributed by atoms with E-state index in [9.17, 15) is 39.9 Å². The third-order valence-electron chi connectivity index (χ3n) is 6.78. The molecular formula is C28H32O10. The van der Waals surface area contributed by atoms with Gasteiger partial charge in [0.2, 0.25) is 0 Å². The van der Waals surface area contributed by atoms with Crippen LogP contribution in [0.5, 0.6) is 28.7 Å². The highest BCUT2D eigenvalue weighted by Gasteiger charge is 2.31. The maximum atomic E-state index is 13.0. The van der Waals surface area contributed by atoms with Gasteiger partial charge in [-0.2, -0.15) is 0 Å². The largest absolute Gasteiger partial charge is 0.507 e. The average molecular weight is 529 g/mol. The summed E-state index contributed by atoms with van der Waals surface area (Å²) in [7, 11) is 0. The second-order valence-electron chi connectivity index (χ2n) is 9.49. The Bertz CT molecular complexity index is 1440. The Morgan fingerprint density at radius 1 is 0.658 bits per heavy atom. The summed E-state index contributed by atoms with van der Waals surface area (Å²) in [6, 6.07) is 0. The zero-order valence-corrected chi connectivity index (χ0v) is 22.2. The van der Waals surface area contributed by atoms with Gasteiger partial charge in [-0.1, -0.05) is 27.7 Å². The van der Waals surface area contributed by atoms with E-state index < -0.39 is 70.1 Å². The second kappa shape index (κ2) is 10.6. The number of carbonyl (C=O) groups excluding carboxylic acids is 1. The summed E-state index contributed by atoms with van der Waals surface area (Å²) in [5.41, 5.74) is -3.00. The van der Waals surface area contributed by atoms with E-state index >= 15 is 0 Å². The molecule has 3 rings (SSSR count). The molecule has 0 spiro atoms. The minimum absolute atomic E-state index is 0.264.